The smallest absolute Gasteiger partial charge is 0.307 e. The van der Waals surface area contributed by atoms with Crippen LogP contribution >= 0.6 is 11.3 Å². The first-order valence-electron chi connectivity index (χ1n) is 6.14. The first-order valence-corrected chi connectivity index (χ1v) is 6.95. The molecule has 0 fully saturated rings. The Hall–Kier alpha value is -1.63. The zero-order chi connectivity index (χ0) is 14.4. The highest BCUT2D eigenvalue weighted by molar-refractivity contribution is 7.11. The van der Waals surface area contributed by atoms with Crippen molar-refractivity contribution in [2.45, 2.75) is 27.2 Å². The highest BCUT2D eigenvalue weighted by atomic mass is 32.1. The molecule has 1 N–H and O–H groups in total. The third kappa shape index (κ3) is 4.20. The summed E-state index contributed by atoms with van der Waals surface area (Å²) in [6.45, 7) is 6.35. The Labute approximate surface area is 115 Å². The first kappa shape index (κ1) is 15.4. The summed E-state index contributed by atoms with van der Waals surface area (Å²) in [5.41, 5.74) is 0.564. The Morgan fingerprint density at radius 2 is 2.05 bits per heavy atom. The standard InChI is InChI=1S/C12H18N2O4S/c1-4-14(7-6-9(15)18-5-2)11(16)10-8(3)13-12(17)19-10/h4-7H2,1-3H3,(H,13,17). The van der Waals surface area contributed by atoms with Crippen LogP contribution in [0.2, 0.25) is 0 Å². The van der Waals surface area contributed by atoms with E-state index in [4.69, 9.17) is 4.74 Å². The van der Waals surface area contributed by atoms with Crippen LogP contribution < -0.4 is 4.87 Å². The van der Waals surface area contributed by atoms with Crippen molar-refractivity contribution in [2.75, 3.05) is 19.7 Å². The quantitative estimate of drug-likeness (QED) is 0.796. The van der Waals surface area contributed by atoms with E-state index < -0.39 is 0 Å². The van der Waals surface area contributed by atoms with Crippen LogP contribution in [0.25, 0.3) is 0 Å². The Kier molecular flexibility index (Phi) is 5.75. The van der Waals surface area contributed by atoms with E-state index in [0.717, 1.165) is 11.3 Å². The average Bonchev–Trinajstić information content (AvgIpc) is 2.69. The van der Waals surface area contributed by atoms with Gasteiger partial charge in [0.15, 0.2) is 0 Å². The number of aryl methyl sites for hydroxylation is 1. The molecule has 1 aromatic rings. The zero-order valence-electron chi connectivity index (χ0n) is 11.3. The summed E-state index contributed by atoms with van der Waals surface area (Å²) >= 11 is 0.892. The normalized spacial score (nSPS) is 10.3. The van der Waals surface area contributed by atoms with E-state index in [1.165, 1.54) is 4.90 Å². The summed E-state index contributed by atoms with van der Waals surface area (Å²) in [4.78, 5) is 38.9. The van der Waals surface area contributed by atoms with E-state index in [2.05, 4.69) is 4.98 Å². The molecule has 0 unspecified atom stereocenters. The number of amides is 1. The van der Waals surface area contributed by atoms with Gasteiger partial charge in [0.05, 0.1) is 13.0 Å². The van der Waals surface area contributed by atoms with Crippen molar-refractivity contribution in [3.8, 4) is 0 Å². The number of esters is 1. The molecule has 0 saturated carbocycles. The van der Waals surface area contributed by atoms with Crippen LogP contribution in [-0.2, 0) is 9.53 Å². The van der Waals surface area contributed by atoms with E-state index in [1.54, 1.807) is 13.8 Å². The molecule has 0 saturated heterocycles. The second-order valence-electron chi connectivity index (χ2n) is 3.91. The summed E-state index contributed by atoms with van der Waals surface area (Å²) in [5, 5.41) is 0. The van der Waals surface area contributed by atoms with Gasteiger partial charge < -0.3 is 14.6 Å². The molecular weight excluding hydrogens is 268 g/mol. The van der Waals surface area contributed by atoms with Crippen molar-refractivity contribution in [3.05, 3.63) is 20.2 Å². The second kappa shape index (κ2) is 7.08. The van der Waals surface area contributed by atoms with E-state index in [1.807, 2.05) is 6.92 Å². The van der Waals surface area contributed by atoms with Crippen molar-refractivity contribution < 1.29 is 14.3 Å². The molecular formula is C12H18N2O4S. The fraction of sp³-hybridized carbons (Fsp3) is 0.583. The lowest BCUT2D eigenvalue weighted by Gasteiger charge is -2.19. The number of hydrogen-bond acceptors (Lipinski definition) is 5. The molecule has 1 heterocycles. The zero-order valence-corrected chi connectivity index (χ0v) is 12.1. The minimum absolute atomic E-state index is 0.159. The molecule has 0 aliphatic carbocycles. The van der Waals surface area contributed by atoms with Crippen LogP contribution in [0.5, 0.6) is 0 Å². The summed E-state index contributed by atoms with van der Waals surface area (Å²) in [5.74, 6) is -0.555. The maximum absolute atomic E-state index is 12.2. The van der Waals surface area contributed by atoms with Gasteiger partial charge in [0.2, 0.25) is 0 Å². The molecule has 7 heteroatoms. The number of thiazole rings is 1. The Morgan fingerprint density at radius 3 is 2.53 bits per heavy atom. The van der Waals surface area contributed by atoms with Crippen LogP contribution in [0.3, 0.4) is 0 Å². The summed E-state index contributed by atoms with van der Waals surface area (Å²) in [7, 11) is 0. The number of rotatable bonds is 6. The Bertz CT molecular complexity index is 506. The number of nitrogens with zero attached hydrogens (tertiary/aromatic N) is 1. The molecule has 6 nitrogen and oxygen atoms in total. The van der Waals surface area contributed by atoms with Gasteiger partial charge in [-0.15, -0.1) is 0 Å². The van der Waals surface area contributed by atoms with Crippen molar-refractivity contribution in [3.63, 3.8) is 0 Å². The highest BCUT2D eigenvalue weighted by Gasteiger charge is 2.20. The number of hydrogen-bond donors (Lipinski definition) is 1. The Balaban J connectivity index is 2.69. The van der Waals surface area contributed by atoms with Crippen LogP contribution in [-0.4, -0.2) is 41.5 Å². The molecule has 106 valence electrons. The van der Waals surface area contributed by atoms with Gasteiger partial charge in [-0.1, -0.05) is 11.3 Å². The number of carbonyl (C=O) groups excluding carboxylic acids is 2. The SMILES string of the molecule is CCOC(=O)CCN(CC)C(=O)c1sc(=O)[nH]c1C. The largest absolute Gasteiger partial charge is 0.466 e. The molecule has 1 rings (SSSR count). The van der Waals surface area contributed by atoms with Crippen molar-refractivity contribution in [1.29, 1.82) is 0 Å². The number of carbonyl (C=O) groups is 2. The van der Waals surface area contributed by atoms with Gasteiger partial charge in [0, 0.05) is 18.8 Å². The maximum Gasteiger partial charge on any atom is 0.307 e. The lowest BCUT2D eigenvalue weighted by atomic mass is 10.3. The van der Waals surface area contributed by atoms with Gasteiger partial charge in [0.25, 0.3) is 5.91 Å². The third-order valence-electron chi connectivity index (χ3n) is 2.58. The molecule has 0 atom stereocenters. The van der Waals surface area contributed by atoms with E-state index >= 15 is 0 Å². The topological polar surface area (TPSA) is 79.5 Å². The number of ether oxygens (including phenoxy) is 1. The summed E-state index contributed by atoms with van der Waals surface area (Å²) in [6.07, 6.45) is 0.159. The summed E-state index contributed by atoms with van der Waals surface area (Å²) < 4.78 is 4.82. The fourth-order valence-electron chi connectivity index (χ4n) is 1.61. The predicted molar refractivity (Wildman–Crippen MR) is 72.5 cm³/mol. The van der Waals surface area contributed by atoms with Crippen LogP contribution in [0.4, 0.5) is 0 Å². The van der Waals surface area contributed by atoms with Gasteiger partial charge in [-0.25, -0.2) is 0 Å². The molecule has 0 radical (unpaired) electrons. The van der Waals surface area contributed by atoms with E-state index in [9.17, 15) is 14.4 Å². The third-order valence-corrected chi connectivity index (χ3v) is 3.55. The van der Waals surface area contributed by atoms with Gasteiger partial charge in [-0.05, 0) is 20.8 Å². The molecule has 0 aromatic carbocycles. The molecule has 0 aliphatic heterocycles. The van der Waals surface area contributed by atoms with Crippen molar-refractivity contribution in [2.24, 2.45) is 0 Å². The second-order valence-corrected chi connectivity index (χ2v) is 4.89. The summed E-state index contributed by atoms with van der Waals surface area (Å²) in [6, 6.07) is 0. The number of aromatic amines is 1. The van der Waals surface area contributed by atoms with E-state index in [0.29, 0.717) is 30.3 Å². The minimum Gasteiger partial charge on any atom is -0.466 e. The van der Waals surface area contributed by atoms with Crippen molar-refractivity contribution in [1.82, 2.24) is 9.88 Å². The molecule has 1 aromatic heterocycles. The number of H-pyrrole nitrogens is 1. The van der Waals surface area contributed by atoms with Gasteiger partial charge in [-0.2, -0.15) is 0 Å². The monoisotopic (exact) mass is 286 g/mol. The van der Waals surface area contributed by atoms with E-state index in [-0.39, 0.29) is 23.2 Å². The lowest BCUT2D eigenvalue weighted by molar-refractivity contribution is -0.143. The maximum atomic E-state index is 12.2. The molecule has 1 amide bonds. The van der Waals surface area contributed by atoms with Gasteiger partial charge >= 0.3 is 10.8 Å². The predicted octanol–water partition coefficient (Wildman–Crippen LogP) is 1.16. The van der Waals surface area contributed by atoms with Crippen LogP contribution in [0.1, 0.15) is 35.6 Å². The lowest BCUT2D eigenvalue weighted by Crippen LogP contribution is -2.33. The molecule has 19 heavy (non-hydrogen) atoms. The Morgan fingerprint density at radius 1 is 1.37 bits per heavy atom. The number of aromatic nitrogens is 1. The van der Waals surface area contributed by atoms with Crippen LogP contribution in [0, 0.1) is 6.92 Å². The molecule has 0 spiro atoms. The number of nitrogens with one attached hydrogen (secondary N) is 1. The first-order chi connectivity index (χ1) is 8.99. The minimum atomic E-state index is -0.326. The van der Waals surface area contributed by atoms with Crippen LogP contribution in [0.15, 0.2) is 4.79 Å². The van der Waals surface area contributed by atoms with Gasteiger partial charge in [0.1, 0.15) is 4.88 Å². The molecule has 0 bridgehead atoms. The highest BCUT2D eigenvalue weighted by Crippen LogP contribution is 2.12. The molecule has 0 aliphatic rings. The van der Waals surface area contributed by atoms with Gasteiger partial charge in [-0.3, -0.25) is 14.4 Å². The fourth-order valence-corrected chi connectivity index (χ4v) is 2.43. The average molecular weight is 286 g/mol. The van der Waals surface area contributed by atoms with Crippen molar-refractivity contribution >= 4 is 23.2 Å².